The number of likely N-dealkylation sites (tertiary alicyclic amines) is 1. The highest BCUT2D eigenvalue weighted by Crippen LogP contribution is 2.41. The fourth-order valence-corrected chi connectivity index (χ4v) is 5.17. The number of benzene rings is 2. The number of carbonyl (C=O) groups is 3. The Bertz CT molecular complexity index is 1200. The molecule has 3 rings (SSSR count). The van der Waals surface area contributed by atoms with Crippen LogP contribution in [-0.2, 0) is 24.7 Å². The van der Waals surface area contributed by atoms with Gasteiger partial charge in [0.1, 0.15) is 11.6 Å². The first-order chi connectivity index (χ1) is 19.0. The molecule has 2 atom stereocenters. The molecule has 0 aliphatic carbocycles. The Morgan fingerprint density at radius 2 is 1.77 bits per heavy atom. The van der Waals surface area contributed by atoms with E-state index in [0.717, 1.165) is 47.9 Å². The van der Waals surface area contributed by atoms with Gasteiger partial charge in [-0.2, -0.15) is 0 Å². The number of nitrogens with zero attached hydrogens (tertiary/aromatic N) is 1. The molecular weight excluding hydrogens is 508 g/mol. The third kappa shape index (κ3) is 8.18. The van der Waals surface area contributed by atoms with E-state index >= 15 is 0 Å². The normalized spacial score (nSPS) is 19.2. The summed E-state index contributed by atoms with van der Waals surface area (Å²) in [7, 11) is 1.58. The zero-order valence-corrected chi connectivity index (χ0v) is 24.0. The summed E-state index contributed by atoms with van der Waals surface area (Å²) in [6, 6.07) is 15.2. The molecule has 2 amide bonds. The van der Waals surface area contributed by atoms with Crippen molar-refractivity contribution in [3.63, 3.8) is 0 Å². The number of hydrogen-bond donors (Lipinski definition) is 2. The van der Waals surface area contributed by atoms with Crippen LogP contribution in [0.3, 0.4) is 0 Å². The van der Waals surface area contributed by atoms with Crippen LogP contribution in [-0.4, -0.2) is 54.3 Å². The smallest absolute Gasteiger partial charge is 0.404 e. The molecule has 8 nitrogen and oxygen atoms in total. The summed E-state index contributed by atoms with van der Waals surface area (Å²) in [5, 5.41) is 9.91. The number of ether oxygens (including phenoxy) is 2. The minimum atomic E-state index is -1.02. The monoisotopic (exact) mass is 550 g/mol. The number of carboxylic acid groups (broad SMARTS) is 1. The molecule has 1 aliphatic heterocycles. The molecule has 0 spiro atoms. The topological polar surface area (TPSA) is 119 Å². The quantitative estimate of drug-likeness (QED) is 0.314. The maximum Gasteiger partial charge on any atom is 0.404 e. The number of carboxylic acids is 1. The van der Waals surface area contributed by atoms with Gasteiger partial charge in [-0.15, -0.1) is 0 Å². The predicted octanol–water partition coefficient (Wildman–Crippen LogP) is 5.99. The third-order valence-electron chi connectivity index (χ3n) is 7.24. The first-order valence-corrected chi connectivity index (χ1v) is 13.8. The van der Waals surface area contributed by atoms with Crippen LogP contribution in [0.2, 0.25) is 0 Å². The van der Waals surface area contributed by atoms with Gasteiger partial charge >= 0.3 is 12.1 Å². The van der Waals surface area contributed by atoms with Crippen molar-refractivity contribution >= 4 is 24.0 Å². The predicted molar refractivity (Wildman–Crippen MR) is 155 cm³/mol. The van der Waals surface area contributed by atoms with Gasteiger partial charge in [0, 0.05) is 20.0 Å². The minimum absolute atomic E-state index is 0.171. The van der Waals surface area contributed by atoms with E-state index in [0.29, 0.717) is 6.61 Å². The van der Waals surface area contributed by atoms with Crippen LogP contribution in [0.25, 0.3) is 17.2 Å². The Hall–Kier alpha value is -3.65. The summed E-state index contributed by atoms with van der Waals surface area (Å²) in [5.74, 6) is -1.19. The van der Waals surface area contributed by atoms with E-state index in [-0.39, 0.29) is 30.7 Å². The van der Waals surface area contributed by atoms with E-state index in [9.17, 15) is 19.5 Å². The Kier molecular flexibility index (Phi) is 10.5. The van der Waals surface area contributed by atoms with Crippen molar-refractivity contribution in [2.45, 2.75) is 70.9 Å². The molecule has 0 radical (unpaired) electrons. The van der Waals surface area contributed by atoms with Gasteiger partial charge in [-0.25, -0.2) is 9.59 Å². The number of amides is 2. The van der Waals surface area contributed by atoms with Crippen LogP contribution < -0.4 is 5.73 Å². The van der Waals surface area contributed by atoms with Crippen molar-refractivity contribution in [2.24, 2.45) is 11.1 Å². The van der Waals surface area contributed by atoms with Crippen molar-refractivity contribution < 1.29 is 29.0 Å². The van der Waals surface area contributed by atoms with Gasteiger partial charge < -0.3 is 25.2 Å². The van der Waals surface area contributed by atoms with Crippen LogP contribution in [0.1, 0.15) is 70.4 Å². The zero-order chi connectivity index (χ0) is 29.3. The highest BCUT2D eigenvalue weighted by molar-refractivity contribution is 5.85. The summed E-state index contributed by atoms with van der Waals surface area (Å²) < 4.78 is 10.7. The molecule has 0 saturated carbocycles. The number of hydrogen-bond acceptors (Lipinski definition) is 5. The molecule has 1 saturated heterocycles. The number of nitrogens with two attached hydrogens (primary N) is 1. The second-order valence-corrected chi connectivity index (χ2v) is 11.6. The van der Waals surface area contributed by atoms with Crippen molar-refractivity contribution in [3.05, 3.63) is 65.7 Å². The second kappa shape index (κ2) is 13.6. The van der Waals surface area contributed by atoms with Gasteiger partial charge in [-0.3, -0.25) is 4.79 Å². The van der Waals surface area contributed by atoms with Gasteiger partial charge in [0.25, 0.3) is 0 Å². The molecule has 216 valence electrons. The molecule has 1 aliphatic rings. The number of primary amides is 1. The average Bonchev–Trinajstić information content (AvgIpc) is 3.32. The lowest BCUT2D eigenvalue weighted by molar-refractivity contribution is -0.149. The largest absolute Gasteiger partial charge is 0.480 e. The van der Waals surface area contributed by atoms with Crippen molar-refractivity contribution in [2.75, 3.05) is 20.3 Å². The zero-order valence-electron chi connectivity index (χ0n) is 24.0. The Labute approximate surface area is 237 Å². The van der Waals surface area contributed by atoms with E-state index in [2.05, 4.69) is 24.3 Å². The molecular formula is C32H42N2O6. The van der Waals surface area contributed by atoms with Gasteiger partial charge in [0.15, 0.2) is 0 Å². The van der Waals surface area contributed by atoms with Crippen LogP contribution in [0.4, 0.5) is 4.79 Å². The Morgan fingerprint density at radius 3 is 2.40 bits per heavy atom. The highest BCUT2D eigenvalue weighted by Gasteiger charge is 2.50. The first-order valence-electron chi connectivity index (χ1n) is 13.8. The molecule has 0 aromatic heterocycles. The molecule has 0 bridgehead atoms. The molecule has 3 N–H and O–H groups in total. The second-order valence-electron chi connectivity index (χ2n) is 11.6. The number of unbranched alkanes of at least 4 members (excludes halogenated alkanes) is 3. The fraction of sp³-hybridized carbons (Fsp3) is 0.469. The Balaban J connectivity index is 1.73. The van der Waals surface area contributed by atoms with Gasteiger partial charge in [-0.1, -0.05) is 81.5 Å². The summed E-state index contributed by atoms with van der Waals surface area (Å²) in [4.78, 5) is 37.3. The number of carbonyl (C=O) groups excluding carboxylic acids is 2. The van der Waals surface area contributed by atoms with Gasteiger partial charge in [0.2, 0.25) is 5.91 Å². The molecule has 1 fully saturated rings. The number of rotatable bonds is 12. The van der Waals surface area contributed by atoms with Gasteiger partial charge in [-0.05, 0) is 53.4 Å². The molecule has 1 unspecified atom stereocenters. The van der Waals surface area contributed by atoms with E-state index in [1.165, 1.54) is 4.90 Å². The van der Waals surface area contributed by atoms with Crippen molar-refractivity contribution in [3.8, 4) is 11.1 Å². The van der Waals surface area contributed by atoms with E-state index in [4.69, 9.17) is 15.2 Å². The summed E-state index contributed by atoms with van der Waals surface area (Å²) in [6.45, 7) is 6.45. The SMILES string of the molecule is CO[C@@]1(c2ccc(-c3ccccc3/C=C/CCCCCOC(N)=O)cc2)CC(C(=O)O)N(C(=O)CC(C)(C)C)C1. The fourth-order valence-electron chi connectivity index (χ4n) is 5.17. The van der Waals surface area contributed by atoms with E-state index in [1.807, 2.05) is 57.2 Å². The summed E-state index contributed by atoms with van der Waals surface area (Å²) in [6.07, 6.45) is 7.63. The molecule has 8 heteroatoms. The first kappa shape index (κ1) is 30.9. The number of aliphatic carboxylic acids is 1. The minimum Gasteiger partial charge on any atom is -0.480 e. The maximum atomic E-state index is 13.1. The third-order valence-corrected chi connectivity index (χ3v) is 7.24. The highest BCUT2D eigenvalue weighted by atomic mass is 16.5. The maximum absolute atomic E-state index is 13.1. The lowest BCUT2D eigenvalue weighted by Gasteiger charge is -2.29. The van der Waals surface area contributed by atoms with Crippen molar-refractivity contribution in [1.29, 1.82) is 0 Å². The summed E-state index contributed by atoms with van der Waals surface area (Å²) >= 11 is 0. The van der Waals surface area contributed by atoms with E-state index < -0.39 is 23.7 Å². The molecule has 2 aromatic rings. The van der Waals surface area contributed by atoms with E-state index in [1.54, 1.807) is 7.11 Å². The lowest BCUT2D eigenvalue weighted by atomic mass is 9.89. The number of methoxy groups -OCH3 is 1. The van der Waals surface area contributed by atoms with Crippen LogP contribution in [0.15, 0.2) is 54.6 Å². The lowest BCUT2D eigenvalue weighted by Crippen LogP contribution is -2.42. The van der Waals surface area contributed by atoms with Crippen LogP contribution in [0, 0.1) is 5.41 Å². The molecule has 1 heterocycles. The summed E-state index contributed by atoms with van der Waals surface area (Å²) in [5.41, 5.74) is 7.90. The van der Waals surface area contributed by atoms with Crippen molar-refractivity contribution in [1.82, 2.24) is 4.90 Å². The van der Waals surface area contributed by atoms with Crippen LogP contribution in [0.5, 0.6) is 0 Å². The standard InChI is InChI=1S/C32H42N2O6/c1-31(2,3)21-28(35)34-22-32(39-4,20-27(34)29(36)37)25-17-15-24(16-18-25)26-14-10-9-13-23(26)12-8-6-5-7-11-19-40-30(33)38/h8-10,12-18,27H,5-7,11,19-22H2,1-4H3,(H2,33,38)(H,36,37)/b12-8+/t27?,32-/m0/s1. The van der Waals surface area contributed by atoms with Gasteiger partial charge in [0.05, 0.1) is 13.2 Å². The molecule has 2 aromatic carbocycles. The average molecular weight is 551 g/mol. The number of allylic oxidation sites excluding steroid dienone is 1. The van der Waals surface area contributed by atoms with Crippen LogP contribution >= 0.6 is 0 Å². The Morgan fingerprint density at radius 1 is 1.07 bits per heavy atom. The molecule has 40 heavy (non-hydrogen) atoms.